The molecule has 0 amide bonds. The Morgan fingerprint density at radius 1 is 0.903 bits per heavy atom. The van der Waals surface area contributed by atoms with Gasteiger partial charge in [0.25, 0.3) is 10.0 Å². The number of nitrogens with zero attached hydrogens (tertiary/aromatic N) is 2. The summed E-state index contributed by atoms with van der Waals surface area (Å²) in [5, 5.41) is 5.60. The highest BCUT2D eigenvalue weighted by Gasteiger charge is 2.34. The van der Waals surface area contributed by atoms with Crippen LogP contribution >= 0.6 is 23.2 Å². The molecule has 0 spiro atoms. The fraction of sp³-hybridized carbons (Fsp3) is 0.273. The number of ether oxygens (including phenoxy) is 1. The summed E-state index contributed by atoms with van der Waals surface area (Å²) in [6.07, 6.45) is 0. The summed E-state index contributed by atoms with van der Waals surface area (Å²) < 4.78 is 35.1. The van der Waals surface area contributed by atoms with Crippen LogP contribution in [-0.4, -0.2) is 47.7 Å². The summed E-state index contributed by atoms with van der Waals surface area (Å²) >= 11 is 12.8. The maximum absolute atomic E-state index is 13.8. The van der Waals surface area contributed by atoms with Crippen molar-refractivity contribution in [3.63, 3.8) is 0 Å². The molecule has 0 radical (unpaired) electrons. The Labute approximate surface area is 191 Å². The highest BCUT2D eigenvalue weighted by molar-refractivity contribution is 7.93. The molecule has 0 saturated carbocycles. The van der Waals surface area contributed by atoms with E-state index in [1.54, 1.807) is 36.4 Å². The maximum atomic E-state index is 13.8. The Morgan fingerprint density at radius 2 is 1.61 bits per heavy atom. The zero-order chi connectivity index (χ0) is 21.6. The van der Waals surface area contributed by atoms with E-state index in [1.165, 1.54) is 4.31 Å². The highest BCUT2D eigenvalue weighted by atomic mass is 35.5. The van der Waals surface area contributed by atoms with Gasteiger partial charge >= 0.3 is 0 Å². The molecule has 0 bridgehead atoms. The average Bonchev–Trinajstić information content (AvgIpc) is 2.78. The number of halogens is 2. The van der Waals surface area contributed by atoms with Crippen molar-refractivity contribution in [2.45, 2.75) is 4.90 Å². The first-order valence-corrected chi connectivity index (χ1v) is 12.3. The Hall–Kier alpha value is -2.19. The lowest BCUT2D eigenvalue weighted by atomic mass is 10.1. The standard InChI is InChI=1S/C22H21Cl2N3O3S/c23-15-13-19(26-9-7-25-8-10-26)22-20(14-15)27(11-12-30-22)31(28,29)21-6-2-3-16-17(21)4-1-5-18(16)24/h1-6,13-14,25H,7-12H2. The lowest BCUT2D eigenvalue weighted by Gasteiger charge is -2.36. The van der Waals surface area contributed by atoms with Crippen LogP contribution < -0.4 is 19.3 Å². The van der Waals surface area contributed by atoms with Crippen molar-refractivity contribution in [1.82, 2.24) is 5.32 Å². The van der Waals surface area contributed by atoms with Crippen molar-refractivity contribution >= 4 is 55.4 Å². The van der Waals surface area contributed by atoms with Gasteiger partial charge in [0, 0.05) is 47.0 Å². The van der Waals surface area contributed by atoms with Gasteiger partial charge < -0.3 is 15.0 Å². The molecular formula is C22H21Cl2N3O3S. The summed E-state index contributed by atoms with van der Waals surface area (Å²) in [6.45, 7) is 3.75. The monoisotopic (exact) mass is 477 g/mol. The second-order valence-corrected chi connectivity index (χ2v) is 10.2. The van der Waals surface area contributed by atoms with E-state index >= 15 is 0 Å². The summed E-state index contributed by atoms with van der Waals surface area (Å²) in [7, 11) is -3.88. The van der Waals surface area contributed by atoms with E-state index in [-0.39, 0.29) is 18.0 Å². The van der Waals surface area contributed by atoms with E-state index in [4.69, 9.17) is 27.9 Å². The van der Waals surface area contributed by atoms with E-state index in [9.17, 15) is 8.42 Å². The van der Waals surface area contributed by atoms with Gasteiger partial charge in [0.05, 0.1) is 22.8 Å². The average molecular weight is 478 g/mol. The van der Waals surface area contributed by atoms with Gasteiger partial charge in [-0.25, -0.2) is 8.42 Å². The quantitative estimate of drug-likeness (QED) is 0.613. The maximum Gasteiger partial charge on any atom is 0.265 e. The fourth-order valence-corrected chi connectivity index (χ4v) is 6.32. The minimum atomic E-state index is -3.88. The largest absolute Gasteiger partial charge is 0.487 e. The number of rotatable bonds is 3. The molecule has 1 fully saturated rings. The molecule has 162 valence electrons. The van der Waals surface area contributed by atoms with Crippen LogP contribution in [0.1, 0.15) is 0 Å². The smallest absolute Gasteiger partial charge is 0.265 e. The molecular weight excluding hydrogens is 457 g/mol. The van der Waals surface area contributed by atoms with E-state index in [1.807, 2.05) is 12.1 Å². The molecule has 3 aromatic rings. The molecule has 9 heteroatoms. The van der Waals surface area contributed by atoms with Crippen molar-refractivity contribution in [1.29, 1.82) is 0 Å². The summed E-state index contributed by atoms with van der Waals surface area (Å²) in [5.41, 5.74) is 1.29. The zero-order valence-electron chi connectivity index (χ0n) is 16.6. The topological polar surface area (TPSA) is 61.9 Å². The van der Waals surface area contributed by atoms with Crippen LogP contribution in [-0.2, 0) is 10.0 Å². The van der Waals surface area contributed by atoms with Crippen molar-refractivity contribution in [3.8, 4) is 5.75 Å². The van der Waals surface area contributed by atoms with Crippen molar-refractivity contribution in [2.24, 2.45) is 0 Å². The highest BCUT2D eigenvalue weighted by Crippen LogP contribution is 2.45. The normalized spacial score (nSPS) is 16.8. The van der Waals surface area contributed by atoms with Crippen LogP contribution in [0.5, 0.6) is 5.75 Å². The Bertz CT molecular complexity index is 1260. The molecule has 5 rings (SSSR count). The molecule has 1 saturated heterocycles. The van der Waals surface area contributed by atoms with Crippen LogP contribution in [0.4, 0.5) is 11.4 Å². The number of fused-ring (bicyclic) bond motifs is 2. The number of nitrogens with one attached hydrogen (secondary N) is 1. The summed E-state index contributed by atoms with van der Waals surface area (Å²) in [6, 6.07) is 14.0. The Morgan fingerprint density at radius 3 is 2.42 bits per heavy atom. The molecule has 1 N–H and O–H groups in total. The third-order valence-electron chi connectivity index (χ3n) is 5.68. The van der Waals surface area contributed by atoms with Gasteiger partial charge in [0.1, 0.15) is 6.61 Å². The molecule has 0 atom stereocenters. The fourth-order valence-electron chi connectivity index (χ4n) is 4.23. The molecule has 2 aliphatic rings. The number of sulfonamides is 1. The third-order valence-corrected chi connectivity index (χ3v) is 8.10. The first-order chi connectivity index (χ1) is 15.0. The number of benzene rings is 3. The number of anilines is 2. The van der Waals surface area contributed by atoms with E-state index in [0.717, 1.165) is 31.9 Å². The lowest BCUT2D eigenvalue weighted by molar-refractivity contribution is 0.315. The predicted molar refractivity (Wildman–Crippen MR) is 126 cm³/mol. The van der Waals surface area contributed by atoms with E-state index < -0.39 is 10.0 Å². The van der Waals surface area contributed by atoms with Gasteiger partial charge in [-0.15, -0.1) is 0 Å². The molecule has 6 nitrogen and oxygen atoms in total. The van der Waals surface area contributed by atoms with Gasteiger partial charge in [-0.05, 0) is 24.3 Å². The number of hydrogen-bond donors (Lipinski definition) is 1. The number of piperazine rings is 1. The molecule has 31 heavy (non-hydrogen) atoms. The van der Waals surface area contributed by atoms with Crippen LogP contribution in [0.3, 0.4) is 0 Å². The molecule has 0 aromatic heterocycles. The van der Waals surface area contributed by atoms with Gasteiger partial charge in [-0.2, -0.15) is 0 Å². The third kappa shape index (κ3) is 3.59. The van der Waals surface area contributed by atoms with Gasteiger partial charge in [0.15, 0.2) is 5.75 Å². The SMILES string of the molecule is O=S(=O)(c1cccc2c(Cl)cccc12)N1CCOc2c(N3CCNCC3)cc(Cl)cc21. The lowest BCUT2D eigenvalue weighted by Crippen LogP contribution is -2.44. The van der Waals surface area contributed by atoms with Crippen molar-refractivity contribution in [3.05, 3.63) is 58.6 Å². The number of hydrogen-bond acceptors (Lipinski definition) is 5. The Balaban J connectivity index is 1.65. The molecule has 2 aliphatic heterocycles. The van der Waals surface area contributed by atoms with E-state index in [0.29, 0.717) is 32.3 Å². The van der Waals surface area contributed by atoms with E-state index in [2.05, 4.69) is 10.2 Å². The van der Waals surface area contributed by atoms with Crippen molar-refractivity contribution < 1.29 is 13.2 Å². The van der Waals surface area contributed by atoms with Crippen molar-refractivity contribution in [2.75, 3.05) is 48.5 Å². The van der Waals surface area contributed by atoms with Crippen LogP contribution in [0.2, 0.25) is 10.0 Å². The van der Waals surface area contributed by atoms with Gasteiger partial charge in [0.2, 0.25) is 0 Å². The summed E-state index contributed by atoms with van der Waals surface area (Å²) in [4.78, 5) is 2.39. The zero-order valence-corrected chi connectivity index (χ0v) is 19.0. The molecule has 3 aromatic carbocycles. The van der Waals surface area contributed by atoms with Crippen LogP contribution in [0, 0.1) is 0 Å². The summed E-state index contributed by atoms with van der Waals surface area (Å²) in [5.74, 6) is 0.555. The minimum absolute atomic E-state index is 0.202. The second kappa shape index (κ2) is 8.06. The van der Waals surface area contributed by atoms with Crippen LogP contribution in [0.15, 0.2) is 53.4 Å². The van der Waals surface area contributed by atoms with Gasteiger partial charge in [-0.1, -0.05) is 47.5 Å². The first kappa shape index (κ1) is 20.7. The van der Waals surface area contributed by atoms with Gasteiger partial charge in [-0.3, -0.25) is 4.31 Å². The second-order valence-electron chi connectivity index (χ2n) is 7.53. The predicted octanol–water partition coefficient (Wildman–Crippen LogP) is 4.14. The minimum Gasteiger partial charge on any atom is -0.487 e. The molecule has 0 unspecified atom stereocenters. The van der Waals surface area contributed by atoms with Crippen LogP contribution in [0.25, 0.3) is 10.8 Å². The first-order valence-electron chi connectivity index (χ1n) is 10.1. The molecule has 2 heterocycles. The molecule has 0 aliphatic carbocycles. The Kier molecular flexibility index (Phi) is 5.38.